The quantitative estimate of drug-likeness (QED) is 0.657. The monoisotopic (exact) mass is 365 g/mol. The minimum atomic E-state index is 0.121. The van der Waals surface area contributed by atoms with Crippen LogP contribution in [0.2, 0.25) is 5.02 Å². The van der Waals surface area contributed by atoms with E-state index in [1.54, 1.807) is 0 Å². The van der Waals surface area contributed by atoms with E-state index in [1.165, 1.54) is 5.56 Å². The molecule has 0 amide bonds. The summed E-state index contributed by atoms with van der Waals surface area (Å²) in [5, 5.41) is 4.25. The van der Waals surface area contributed by atoms with Crippen LogP contribution in [0.25, 0.3) is 0 Å². The zero-order valence-electron chi connectivity index (χ0n) is 12.7. The second-order valence-corrected chi connectivity index (χ2v) is 7.45. The van der Waals surface area contributed by atoms with Gasteiger partial charge in [-0.2, -0.15) is 0 Å². The van der Waals surface area contributed by atoms with Gasteiger partial charge >= 0.3 is 0 Å². The van der Waals surface area contributed by atoms with Crippen molar-refractivity contribution >= 4 is 33.2 Å². The third-order valence-corrected chi connectivity index (χ3v) is 4.51. The third kappa shape index (κ3) is 4.49. The molecule has 1 nitrogen and oxygen atoms in total. The van der Waals surface area contributed by atoms with Crippen LogP contribution in [0.3, 0.4) is 0 Å². The summed E-state index contributed by atoms with van der Waals surface area (Å²) in [6, 6.07) is 16.9. The van der Waals surface area contributed by atoms with Crippen LogP contribution in [0.5, 0.6) is 0 Å². The maximum Gasteiger partial charge on any atom is 0.0648 e. The molecule has 0 saturated heterocycles. The third-order valence-electron chi connectivity index (χ3n) is 3.70. The molecule has 0 saturated carbocycles. The fraction of sp³-hybridized carbons (Fsp3) is 0.333. The molecule has 0 aliphatic carbocycles. The van der Waals surface area contributed by atoms with Crippen LogP contribution < -0.4 is 5.32 Å². The van der Waals surface area contributed by atoms with Crippen molar-refractivity contribution in [3.8, 4) is 0 Å². The minimum absolute atomic E-state index is 0.121. The molecule has 0 aliphatic rings. The lowest BCUT2D eigenvalue weighted by Gasteiger charge is -2.29. The van der Waals surface area contributed by atoms with Crippen molar-refractivity contribution < 1.29 is 0 Å². The molecule has 112 valence electrons. The highest BCUT2D eigenvalue weighted by Gasteiger charge is 2.23. The number of hydrogen-bond donors (Lipinski definition) is 1. The highest BCUT2D eigenvalue weighted by Crippen LogP contribution is 2.31. The lowest BCUT2D eigenvalue weighted by molar-refractivity contribution is 0.450. The fourth-order valence-electron chi connectivity index (χ4n) is 2.70. The Morgan fingerprint density at radius 1 is 1.14 bits per heavy atom. The highest BCUT2D eigenvalue weighted by molar-refractivity contribution is 9.10. The smallest absolute Gasteiger partial charge is 0.0648 e. The first-order chi connectivity index (χ1) is 9.88. The molecule has 2 rings (SSSR count). The maximum atomic E-state index is 6.27. The number of rotatable bonds is 5. The van der Waals surface area contributed by atoms with Crippen LogP contribution in [0.4, 0.5) is 5.69 Å². The molecular weight excluding hydrogens is 346 g/mol. The van der Waals surface area contributed by atoms with Crippen molar-refractivity contribution in [2.45, 2.75) is 38.6 Å². The van der Waals surface area contributed by atoms with Gasteiger partial charge in [0.15, 0.2) is 0 Å². The molecule has 0 fully saturated rings. The molecule has 2 aromatic rings. The zero-order chi connectivity index (χ0) is 15.5. The number of hydrogen-bond acceptors (Lipinski definition) is 1. The molecule has 3 heteroatoms. The van der Waals surface area contributed by atoms with Crippen molar-refractivity contribution in [2.75, 3.05) is 5.32 Å². The normalized spacial score (nSPS) is 13.0. The molecule has 0 radical (unpaired) electrons. The van der Waals surface area contributed by atoms with Gasteiger partial charge in [0, 0.05) is 10.5 Å². The van der Waals surface area contributed by atoms with E-state index in [1.807, 2.05) is 18.2 Å². The molecular formula is C18H21BrClN. The van der Waals surface area contributed by atoms with E-state index in [2.05, 4.69) is 72.3 Å². The number of benzene rings is 2. The molecule has 2 aromatic carbocycles. The first-order valence-corrected chi connectivity index (χ1v) is 8.33. The van der Waals surface area contributed by atoms with Gasteiger partial charge in [0.1, 0.15) is 0 Å². The fourth-order valence-corrected chi connectivity index (χ4v) is 3.42. The van der Waals surface area contributed by atoms with Crippen molar-refractivity contribution in [3.05, 3.63) is 63.6 Å². The van der Waals surface area contributed by atoms with E-state index in [0.717, 1.165) is 21.6 Å². The minimum Gasteiger partial charge on any atom is -0.381 e. The zero-order valence-corrected chi connectivity index (χ0v) is 15.0. The molecule has 1 atom stereocenters. The van der Waals surface area contributed by atoms with E-state index < -0.39 is 0 Å². The van der Waals surface area contributed by atoms with Gasteiger partial charge in [-0.1, -0.05) is 71.7 Å². The average molecular weight is 367 g/mol. The molecule has 0 heterocycles. The lowest BCUT2D eigenvalue weighted by Crippen LogP contribution is -2.27. The summed E-state index contributed by atoms with van der Waals surface area (Å²) >= 11 is 9.70. The second kappa shape index (κ2) is 6.85. The topological polar surface area (TPSA) is 12.0 Å². The number of anilines is 1. The van der Waals surface area contributed by atoms with Gasteiger partial charge in [-0.25, -0.2) is 0 Å². The van der Waals surface area contributed by atoms with E-state index in [4.69, 9.17) is 11.6 Å². The van der Waals surface area contributed by atoms with Crippen LogP contribution in [0.1, 0.15) is 32.8 Å². The summed E-state index contributed by atoms with van der Waals surface area (Å²) in [7, 11) is 0. The standard InChI is InChI=1S/C18H21BrClN/c1-13(21-17-10-9-15(19)11-16(17)20)12-18(2,3)14-7-5-4-6-8-14/h4-11,13,21H,12H2,1-3H3. The summed E-state index contributed by atoms with van der Waals surface area (Å²) in [6.07, 6.45) is 1.03. The van der Waals surface area contributed by atoms with Crippen molar-refractivity contribution in [3.63, 3.8) is 0 Å². The van der Waals surface area contributed by atoms with Crippen molar-refractivity contribution in [2.24, 2.45) is 0 Å². The van der Waals surface area contributed by atoms with Gasteiger partial charge in [-0.3, -0.25) is 0 Å². The Kier molecular flexibility index (Phi) is 5.34. The summed E-state index contributed by atoms with van der Waals surface area (Å²) in [5.41, 5.74) is 2.46. The summed E-state index contributed by atoms with van der Waals surface area (Å²) < 4.78 is 0.996. The molecule has 1 unspecified atom stereocenters. The Hall–Kier alpha value is -0.990. The maximum absolute atomic E-state index is 6.27. The van der Waals surface area contributed by atoms with Gasteiger partial charge in [-0.15, -0.1) is 0 Å². The first-order valence-electron chi connectivity index (χ1n) is 7.15. The van der Waals surface area contributed by atoms with E-state index in [-0.39, 0.29) is 5.41 Å². The molecule has 1 N–H and O–H groups in total. The average Bonchev–Trinajstić information content (AvgIpc) is 2.42. The summed E-state index contributed by atoms with van der Waals surface area (Å²) in [4.78, 5) is 0. The van der Waals surface area contributed by atoms with Crippen LogP contribution in [0, 0.1) is 0 Å². The van der Waals surface area contributed by atoms with Gasteiger partial charge in [0.05, 0.1) is 10.7 Å². The van der Waals surface area contributed by atoms with Crippen molar-refractivity contribution in [1.29, 1.82) is 0 Å². The van der Waals surface area contributed by atoms with Crippen LogP contribution in [-0.4, -0.2) is 6.04 Å². The van der Waals surface area contributed by atoms with E-state index in [0.29, 0.717) is 6.04 Å². The number of halogens is 2. The first kappa shape index (κ1) is 16.4. The molecule has 0 aliphatic heterocycles. The van der Waals surface area contributed by atoms with E-state index in [9.17, 15) is 0 Å². The van der Waals surface area contributed by atoms with Crippen LogP contribution in [-0.2, 0) is 5.41 Å². The molecule has 0 spiro atoms. The largest absolute Gasteiger partial charge is 0.381 e. The molecule has 0 aromatic heterocycles. The highest BCUT2D eigenvalue weighted by atomic mass is 79.9. The van der Waals surface area contributed by atoms with Crippen LogP contribution >= 0.6 is 27.5 Å². The van der Waals surface area contributed by atoms with Gasteiger partial charge in [0.2, 0.25) is 0 Å². The van der Waals surface area contributed by atoms with Gasteiger partial charge < -0.3 is 5.32 Å². The molecule has 0 bridgehead atoms. The SMILES string of the molecule is CC(CC(C)(C)c1ccccc1)Nc1ccc(Br)cc1Cl. The van der Waals surface area contributed by atoms with Crippen LogP contribution in [0.15, 0.2) is 53.0 Å². The Bertz CT molecular complexity index is 595. The van der Waals surface area contributed by atoms with E-state index >= 15 is 0 Å². The van der Waals surface area contributed by atoms with Crippen molar-refractivity contribution in [1.82, 2.24) is 0 Å². The summed E-state index contributed by atoms with van der Waals surface area (Å²) in [6.45, 7) is 6.76. The Labute approximate surface area is 140 Å². The van der Waals surface area contributed by atoms with Gasteiger partial charge in [-0.05, 0) is 42.5 Å². The Morgan fingerprint density at radius 2 is 1.81 bits per heavy atom. The second-order valence-electron chi connectivity index (χ2n) is 6.12. The predicted octanol–water partition coefficient (Wildman–Crippen LogP) is 6.27. The number of nitrogens with one attached hydrogen (secondary N) is 1. The molecule has 21 heavy (non-hydrogen) atoms. The Balaban J connectivity index is 2.06. The lowest BCUT2D eigenvalue weighted by atomic mass is 9.79. The predicted molar refractivity (Wildman–Crippen MR) is 96.3 cm³/mol. The van der Waals surface area contributed by atoms with Gasteiger partial charge in [0.25, 0.3) is 0 Å². The Morgan fingerprint density at radius 3 is 2.43 bits per heavy atom. The summed E-state index contributed by atoms with van der Waals surface area (Å²) in [5.74, 6) is 0.